The van der Waals surface area contributed by atoms with Crippen molar-refractivity contribution in [2.24, 2.45) is 5.92 Å². The first kappa shape index (κ1) is 16.4. The molecule has 1 aromatic rings. The van der Waals surface area contributed by atoms with Gasteiger partial charge in [-0.3, -0.25) is 9.59 Å². The highest BCUT2D eigenvalue weighted by Crippen LogP contribution is 2.35. The van der Waals surface area contributed by atoms with Gasteiger partial charge in [0.1, 0.15) is 6.33 Å². The maximum atomic E-state index is 12.4. The highest BCUT2D eigenvalue weighted by molar-refractivity contribution is 5.78. The zero-order chi connectivity index (χ0) is 17.2. The molecule has 0 aliphatic carbocycles. The largest absolute Gasteiger partial charge is 0.372 e. The number of rotatable bonds is 5. The van der Waals surface area contributed by atoms with Crippen LogP contribution in [0.2, 0.25) is 0 Å². The van der Waals surface area contributed by atoms with E-state index < -0.39 is 0 Å². The highest BCUT2D eigenvalue weighted by Gasteiger charge is 2.44. The van der Waals surface area contributed by atoms with E-state index in [4.69, 9.17) is 4.74 Å². The van der Waals surface area contributed by atoms with Crippen LogP contribution in [0.15, 0.2) is 18.7 Å². The molecule has 134 valence electrons. The van der Waals surface area contributed by atoms with E-state index in [-0.39, 0.29) is 24.0 Å². The smallest absolute Gasteiger partial charge is 0.225 e. The molecule has 3 atom stereocenters. The molecule has 3 saturated heterocycles. The van der Waals surface area contributed by atoms with Crippen LogP contribution in [0.5, 0.6) is 0 Å². The zero-order valence-corrected chi connectivity index (χ0v) is 14.3. The first-order chi connectivity index (χ1) is 12.2. The van der Waals surface area contributed by atoms with Gasteiger partial charge in [0.05, 0.1) is 18.6 Å². The number of aromatic nitrogens is 2. The highest BCUT2D eigenvalue weighted by atomic mass is 16.5. The first-order valence-corrected chi connectivity index (χ1v) is 9.14. The summed E-state index contributed by atoms with van der Waals surface area (Å²) in [5, 5.41) is 0. The van der Waals surface area contributed by atoms with Crippen molar-refractivity contribution in [2.75, 3.05) is 26.2 Å². The topological polar surface area (TPSA) is 75.6 Å². The van der Waals surface area contributed by atoms with Crippen LogP contribution in [-0.2, 0) is 20.7 Å². The van der Waals surface area contributed by atoms with Gasteiger partial charge in [-0.1, -0.05) is 0 Å². The van der Waals surface area contributed by atoms with Crippen molar-refractivity contribution in [3.8, 4) is 0 Å². The summed E-state index contributed by atoms with van der Waals surface area (Å²) in [7, 11) is 0. The van der Waals surface area contributed by atoms with Crippen LogP contribution in [0.4, 0.5) is 0 Å². The fraction of sp³-hybridized carbons (Fsp3) is 0.667. The van der Waals surface area contributed by atoms with Crippen LogP contribution in [-0.4, -0.2) is 70.0 Å². The summed E-state index contributed by atoms with van der Waals surface area (Å²) in [4.78, 5) is 36.2. The van der Waals surface area contributed by atoms with Gasteiger partial charge in [0, 0.05) is 50.9 Å². The van der Waals surface area contributed by atoms with E-state index >= 15 is 0 Å². The SMILES string of the molecule is O=C(C[C@@H]1C[C@H]2CN(C(=O)CCc3cncnc3)C[C@H]2O1)N1CCC1. The number of likely N-dealkylation sites (tertiary alicyclic amines) is 2. The second-order valence-corrected chi connectivity index (χ2v) is 7.28. The van der Waals surface area contributed by atoms with Gasteiger partial charge in [-0.15, -0.1) is 0 Å². The number of amides is 2. The Morgan fingerprint density at radius 1 is 1.12 bits per heavy atom. The van der Waals surface area contributed by atoms with Gasteiger partial charge in [0.2, 0.25) is 11.8 Å². The Hall–Kier alpha value is -2.02. The number of carbonyl (C=O) groups is 2. The molecule has 4 heterocycles. The van der Waals surface area contributed by atoms with E-state index in [2.05, 4.69) is 9.97 Å². The number of fused-ring (bicyclic) bond motifs is 1. The maximum Gasteiger partial charge on any atom is 0.225 e. The Morgan fingerprint density at radius 2 is 1.92 bits per heavy atom. The molecule has 0 aromatic carbocycles. The molecule has 0 N–H and O–H groups in total. The lowest BCUT2D eigenvalue weighted by molar-refractivity contribution is -0.138. The molecule has 25 heavy (non-hydrogen) atoms. The van der Waals surface area contributed by atoms with Gasteiger partial charge in [-0.05, 0) is 24.8 Å². The van der Waals surface area contributed by atoms with Crippen molar-refractivity contribution in [2.45, 2.75) is 44.3 Å². The molecule has 2 amide bonds. The second-order valence-electron chi connectivity index (χ2n) is 7.28. The number of nitrogens with zero attached hydrogens (tertiary/aromatic N) is 4. The van der Waals surface area contributed by atoms with E-state index in [0.717, 1.165) is 38.0 Å². The van der Waals surface area contributed by atoms with Crippen LogP contribution >= 0.6 is 0 Å². The van der Waals surface area contributed by atoms with E-state index in [1.807, 2.05) is 9.80 Å². The van der Waals surface area contributed by atoms with E-state index in [1.165, 1.54) is 6.33 Å². The minimum Gasteiger partial charge on any atom is -0.372 e. The molecule has 7 nitrogen and oxygen atoms in total. The number of aryl methyl sites for hydroxylation is 1. The number of hydrogen-bond acceptors (Lipinski definition) is 5. The molecule has 1 aromatic heterocycles. The Bertz CT molecular complexity index is 620. The standard InChI is InChI=1S/C18H24N4O3/c23-17(3-2-13-8-19-12-20-9-13)22-10-14-6-15(25-16(14)11-22)7-18(24)21-4-1-5-21/h8-9,12,14-16H,1-7,10-11H2/t14-,15-,16+/m0/s1. The van der Waals surface area contributed by atoms with Crippen molar-refractivity contribution in [1.29, 1.82) is 0 Å². The van der Waals surface area contributed by atoms with Crippen LogP contribution in [0.3, 0.4) is 0 Å². The average Bonchev–Trinajstić information content (AvgIpc) is 3.10. The fourth-order valence-electron chi connectivity index (χ4n) is 3.96. The number of carbonyl (C=O) groups excluding carboxylic acids is 2. The summed E-state index contributed by atoms with van der Waals surface area (Å²) >= 11 is 0. The monoisotopic (exact) mass is 344 g/mol. The summed E-state index contributed by atoms with van der Waals surface area (Å²) in [5.74, 6) is 0.752. The van der Waals surface area contributed by atoms with Gasteiger partial charge in [-0.25, -0.2) is 9.97 Å². The molecule has 4 rings (SSSR count). The summed E-state index contributed by atoms with van der Waals surface area (Å²) in [5.41, 5.74) is 0.982. The van der Waals surface area contributed by atoms with Crippen molar-refractivity contribution >= 4 is 11.8 Å². The predicted molar refractivity (Wildman–Crippen MR) is 89.5 cm³/mol. The molecule has 3 aliphatic heterocycles. The van der Waals surface area contributed by atoms with Crippen molar-refractivity contribution in [1.82, 2.24) is 19.8 Å². The quantitative estimate of drug-likeness (QED) is 0.784. The molecule has 3 fully saturated rings. The Morgan fingerprint density at radius 3 is 2.60 bits per heavy atom. The van der Waals surface area contributed by atoms with Crippen LogP contribution in [0.1, 0.15) is 31.2 Å². The van der Waals surface area contributed by atoms with Crippen LogP contribution in [0.25, 0.3) is 0 Å². The van der Waals surface area contributed by atoms with Gasteiger partial charge >= 0.3 is 0 Å². The van der Waals surface area contributed by atoms with E-state index in [9.17, 15) is 9.59 Å². The Labute approximate surface area is 147 Å². The minimum absolute atomic E-state index is 0.0295. The molecule has 0 bridgehead atoms. The normalized spacial score (nSPS) is 27.9. The van der Waals surface area contributed by atoms with Gasteiger partial charge < -0.3 is 14.5 Å². The van der Waals surface area contributed by atoms with Gasteiger partial charge in [0.25, 0.3) is 0 Å². The van der Waals surface area contributed by atoms with Crippen LogP contribution < -0.4 is 0 Å². The van der Waals surface area contributed by atoms with E-state index in [1.54, 1.807) is 12.4 Å². The summed E-state index contributed by atoms with van der Waals surface area (Å²) in [6.45, 7) is 3.20. The zero-order valence-electron chi connectivity index (χ0n) is 14.3. The third-order valence-corrected chi connectivity index (χ3v) is 5.52. The van der Waals surface area contributed by atoms with Gasteiger partial charge in [-0.2, -0.15) is 0 Å². The molecular weight excluding hydrogens is 320 g/mol. The Balaban J connectivity index is 1.22. The predicted octanol–water partition coefficient (Wildman–Crippen LogP) is 0.647. The van der Waals surface area contributed by atoms with Crippen LogP contribution in [0, 0.1) is 5.92 Å². The third-order valence-electron chi connectivity index (χ3n) is 5.52. The minimum atomic E-state index is 0.0295. The average molecular weight is 344 g/mol. The summed E-state index contributed by atoms with van der Waals surface area (Å²) < 4.78 is 6.06. The molecule has 7 heteroatoms. The number of hydrogen-bond donors (Lipinski definition) is 0. The maximum absolute atomic E-state index is 12.4. The molecule has 0 unspecified atom stereocenters. The molecule has 0 radical (unpaired) electrons. The van der Waals surface area contributed by atoms with Crippen molar-refractivity contribution in [3.63, 3.8) is 0 Å². The lowest BCUT2D eigenvalue weighted by atomic mass is 10.0. The third kappa shape index (κ3) is 3.66. The summed E-state index contributed by atoms with van der Waals surface area (Å²) in [6, 6.07) is 0. The second kappa shape index (κ2) is 7.07. The lowest BCUT2D eigenvalue weighted by Gasteiger charge is -2.31. The fourth-order valence-corrected chi connectivity index (χ4v) is 3.96. The number of ether oxygens (including phenoxy) is 1. The Kier molecular flexibility index (Phi) is 4.65. The molecule has 3 aliphatic rings. The van der Waals surface area contributed by atoms with E-state index in [0.29, 0.717) is 31.7 Å². The molecule has 0 saturated carbocycles. The first-order valence-electron chi connectivity index (χ1n) is 9.14. The molecular formula is C18H24N4O3. The van der Waals surface area contributed by atoms with Crippen molar-refractivity contribution in [3.05, 3.63) is 24.3 Å². The van der Waals surface area contributed by atoms with Crippen molar-refractivity contribution < 1.29 is 14.3 Å². The summed E-state index contributed by atoms with van der Waals surface area (Å²) in [6.07, 6.45) is 8.77. The molecule has 0 spiro atoms. The van der Waals surface area contributed by atoms with Gasteiger partial charge in [0.15, 0.2) is 0 Å². The lowest BCUT2D eigenvalue weighted by Crippen LogP contribution is -2.43.